The summed E-state index contributed by atoms with van der Waals surface area (Å²) in [6.07, 6.45) is 0. The van der Waals surface area contributed by atoms with Gasteiger partial charge in [-0.05, 0) is 52.7 Å². The lowest BCUT2D eigenvalue weighted by molar-refractivity contribution is 0.0939. The Bertz CT molecular complexity index is 702. The number of ether oxygens (including phenoxy) is 2. The van der Waals surface area contributed by atoms with E-state index >= 15 is 0 Å². The molecule has 22 heavy (non-hydrogen) atoms. The molecule has 2 aromatic carbocycles. The first-order chi connectivity index (χ1) is 10.6. The fourth-order valence-electron chi connectivity index (χ4n) is 2.33. The van der Waals surface area contributed by atoms with Crippen LogP contribution in [0, 0.1) is 0 Å². The van der Waals surface area contributed by atoms with Crippen molar-refractivity contribution in [3.05, 3.63) is 58.1 Å². The third-order valence-corrected chi connectivity index (χ3v) is 4.22. The maximum Gasteiger partial charge on any atom is 0.252 e. The average Bonchev–Trinajstić information content (AvgIpc) is 2.54. The van der Waals surface area contributed by atoms with Crippen molar-refractivity contribution in [2.24, 2.45) is 0 Å². The Hall–Kier alpha value is -2.01. The van der Waals surface area contributed by atoms with Gasteiger partial charge in [-0.3, -0.25) is 4.79 Å². The average molecular weight is 362 g/mol. The van der Waals surface area contributed by atoms with Gasteiger partial charge in [0, 0.05) is 4.47 Å². The summed E-state index contributed by atoms with van der Waals surface area (Å²) in [6.45, 7) is 3.06. The second-order valence-electron chi connectivity index (χ2n) is 5.08. The lowest BCUT2D eigenvalue weighted by Gasteiger charge is -2.21. The van der Waals surface area contributed by atoms with E-state index in [1.807, 2.05) is 43.3 Å². The van der Waals surface area contributed by atoms with Crippen molar-refractivity contribution in [2.45, 2.75) is 13.0 Å². The first-order valence-electron chi connectivity index (χ1n) is 7.10. The quantitative estimate of drug-likeness (QED) is 0.906. The highest BCUT2D eigenvalue weighted by molar-refractivity contribution is 9.10. The lowest BCUT2D eigenvalue weighted by Crippen LogP contribution is -2.27. The molecule has 0 unspecified atom stereocenters. The summed E-state index contributed by atoms with van der Waals surface area (Å²) in [5, 5.41) is 2.99. The van der Waals surface area contributed by atoms with Gasteiger partial charge in [0.1, 0.15) is 13.2 Å². The van der Waals surface area contributed by atoms with Crippen molar-refractivity contribution in [1.29, 1.82) is 0 Å². The second kappa shape index (κ2) is 6.40. The molecule has 1 atom stereocenters. The highest BCUT2D eigenvalue weighted by Gasteiger charge is 2.17. The Balaban J connectivity index is 1.76. The number of carbonyl (C=O) groups is 1. The molecule has 0 aromatic heterocycles. The lowest BCUT2D eigenvalue weighted by atomic mass is 10.1. The zero-order valence-corrected chi connectivity index (χ0v) is 13.7. The van der Waals surface area contributed by atoms with Crippen LogP contribution in [-0.2, 0) is 0 Å². The van der Waals surface area contributed by atoms with Crippen LogP contribution < -0.4 is 14.8 Å². The molecule has 5 heteroatoms. The molecular weight excluding hydrogens is 346 g/mol. The molecular formula is C17H16BrNO3. The van der Waals surface area contributed by atoms with Crippen LogP contribution >= 0.6 is 15.9 Å². The molecule has 1 heterocycles. The number of hydrogen-bond donors (Lipinski definition) is 1. The Labute approximate surface area is 137 Å². The van der Waals surface area contributed by atoms with Crippen LogP contribution in [0.15, 0.2) is 46.9 Å². The largest absolute Gasteiger partial charge is 0.486 e. The summed E-state index contributed by atoms with van der Waals surface area (Å²) in [4.78, 5) is 12.3. The number of hydrogen-bond acceptors (Lipinski definition) is 3. The third-order valence-electron chi connectivity index (χ3n) is 3.53. The Morgan fingerprint density at radius 1 is 1.14 bits per heavy atom. The SMILES string of the molecule is C[C@@H](NC(=O)c1ccccc1Br)c1ccc2c(c1)OCCO2. The molecule has 4 nitrogen and oxygen atoms in total. The van der Waals surface area contributed by atoms with Crippen LogP contribution in [0.2, 0.25) is 0 Å². The molecule has 1 N–H and O–H groups in total. The Morgan fingerprint density at radius 3 is 2.64 bits per heavy atom. The zero-order chi connectivity index (χ0) is 15.5. The molecule has 114 valence electrons. The van der Waals surface area contributed by atoms with Crippen molar-refractivity contribution in [1.82, 2.24) is 5.32 Å². The Kier molecular flexibility index (Phi) is 4.34. The molecule has 0 spiro atoms. The van der Waals surface area contributed by atoms with E-state index in [2.05, 4.69) is 21.2 Å². The van der Waals surface area contributed by atoms with E-state index in [4.69, 9.17) is 9.47 Å². The number of carbonyl (C=O) groups excluding carboxylic acids is 1. The van der Waals surface area contributed by atoms with Crippen LogP contribution in [0.25, 0.3) is 0 Å². The fourth-order valence-corrected chi connectivity index (χ4v) is 2.80. The molecule has 1 aliphatic heterocycles. The van der Waals surface area contributed by atoms with Gasteiger partial charge in [0.2, 0.25) is 0 Å². The molecule has 0 fully saturated rings. The van der Waals surface area contributed by atoms with Crippen molar-refractivity contribution in [3.8, 4) is 11.5 Å². The summed E-state index contributed by atoms with van der Waals surface area (Å²) in [5.41, 5.74) is 1.59. The first kappa shape index (κ1) is 14.9. The van der Waals surface area contributed by atoms with E-state index in [0.717, 1.165) is 21.5 Å². The van der Waals surface area contributed by atoms with Gasteiger partial charge in [0.05, 0.1) is 11.6 Å². The molecule has 0 saturated carbocycles. The topological polar surface area (TPSA) is 47.6 Å². The summed E-state index contributed by atoms with van der Waals surface area (Å²) >= 11 is 3.39. The van der Waals surface area contributed by atoms with Gasteiger partial charge in [-0.15, -0.1) is 0 Å². The first-order valence-corrected chi connectivity index (χ1v) is 7.89. The maximum absolute atomic E-state index is 12.3. The van der Waals surface area contributed by atoms with Crippen molar-refractivity contribution < 1.29 is 14.3 Å². The minimum Gasteiger partial charge on any atom is -0.486 e. The number of nitrogens with one attached hydrogen (secondary N) is 1. The van der Waals surface area contributed by atoms with Gasteiger partial charge >= 0.3 is 0 Å². The van der Waals surface area contributed by atoms with E-state index < -0.39 is 0 Å². The highest BCUT2D eigenvalue weighted by Crippen LogP contribution is 2.32. The number of halogens is 1. The summed E-state index contributed by atoms with van der Waals surface area (Å²) < 4.78 is 11.9. The summed E-state index contributed by atoms with van der Waals surface area (Å²) in [7, 11) is 0. The second-order valence-corrected chi connectivity index (χ2v) is 5.93. The molecule has 1 aliphatic rings. The number of fused-ring (bicyclic) bond motifs is 1. The van der Waals surface area contributed by atoms with Crippen molar-refractivity contribution in [3.63, 3.8) is 0 Å². The van der Waals surface area contributed by atoms with E-state index in [-0.39, 0.29) is 11.9 Å². The molecule has 0 radical (unpaired) electrons. The van der Waals surface area contributed by atoms with Crippen LogP contribution in [0.1, 0.15) is 28.9 Å². The minimum atomic E-state index is -0.129. The molecule has 0 bridgehead atoms. The number of benzene rings is 2. The van der Waals surface area contributed by atoms with E-state index in [1.54, 1.807) is 6.07 Å². The van der Waals surface area contributed by atoms with E-state index in [1.165, 1.54) is 0 Å². The normalized spacial score (nSPS) is 14.3. The predicted molar refractivity (Wildman–Crippen MR) is 87.5 cm³/mol. The molecule has 3 rings (SSSR count). The van der Waals surface area contributed by atoms with Crippen LogP contribution in [0.4, 0.5) is 0 Å². The molecule has 0 saturated heterocycles. The van der Waals surface area contributed by atoms with Crippen LogP contribution in [0.5, 0.6) is 11.5 Å². The fraction of sp³-hybridized carbons (Fsp3) is 0.235. The van der Waals surface area contributed by atoms with Crippen LogP contribution in [0.3, 0.4) is 0 Å². The number of amides is 1. The minimum absolute atomic E-state index is 0.116. The van der Waals surface area contributed by atoms with Crippen LogP contribution in [-0.4, -0.2) is 19.1 Å². The molecule has 0 aliphatic carbocycles. The summed E-state index contributed by atoms with van der Waals surface area (Å²) in [6, 6.07) is 13.0. The van der Waals surface area contributed by atoms with Gasteiger partial charge in [-0.1, -0.05) is 18.2 Å². The zero-order valence-electron chi connectivity index (χ0n) is 12.1. The smallest absolute Gasteiger partial charge is 0.252 e. The van der Waals surface area contributed by atoms with E-state index in [9.17, 15) is 4.79 Å². The molecule has 2 aromatic rings. The predicted octanol–water partition coefficient (Wildman–Crippen LogP) is 3.71. The van der Waals surface area contributed by atoms with E-state index in [0.29, 0.717) is 18.8 Å². The van der Waals surface area contributed by atoms with Gasteiger partial charge in [-0.2, -0.15) is 0 Å². The molecule has 1 amide bonds. The van der Waals surface area contributed by atoms with Crippen molar-refractivity contribution in [2.75, 3.05) is 13.2 Å². The van der Waals surface area contributed by atoms with Gasteiger partial charge in [0.25, 0.3) is 5.91 Å². The Morgan fingerprint density at radius 2 is 1.86 bits per heavy atom. The highest BCUT2D eigenvalue weighted by atomic mass is 79.9. The number of rotatable bonds is 3. The van der Waals surface area contributed by atoms with Gasteiger partial charge < -0.3 is 14.8 Å². The standard InChI is InChI=1S/C17H16BrNO3/c1-11(19-17(20)13-4-2-3-5-14(13)18)12-6-7-15-16(10-12)22-9-8-21-15/h2-7,10-11H,8-9H2,1H3,(H,19,20)/t11-/m1/s1. The van der Waals surface area contributed by atoms with Gasteiger partial charge in [-0.25, -0.2) is 0 Å². The monoisotopic (exact) mass is 361 g/mol. The summed E-state index contributed by atoms with van der Waals surface area (Å²) in [5.74, 6) is 1.36. The van der Waals surface area contributed by atoms with Gasteiger partial charge in [0.15, 0.2) is 11.5 Å². The van der Waals surface area contributed by atoms with Crippen molar-refractivity contribution >= 4 is 21.8 Å². The maximum atomic E-state index is 12.3. The third kappa shape index (κ3) is 3.09.